The van der Waals surface area contributed by atoms with Crippen LogP contribution in [0.4, 0.5) is 5.69 Å². The standard InChI is InChI=1S/C27H30N5O6P/c1-30(2)12-6-9-26(33)31(3)22-8-5-7-19(13-22)21-14-23-24(20-10-11-28-25(15-20)37-4)17-32(27(23)29-16-21)18-38-39(34,35)36/h5-11,13-17H,12,18H2,1-4H3,(H2,34,35,36). The highest BCUT2D eigenvalue weighted by Gasteiger charge is 2.18. The van der Waals surface area contributed by atoms with Crippen LogP contribution in [-0.4, -0.2) is 69.9 Å². The predicted molar refractivity (Wildman–Crippen MR) is 149 cm³/mol. The minimum atomic E-state index is -4.70. The van der Waals surface area contributed by atoms with Crippen molar-refractivity contribution in [3.63, 3.8) is 0 Å². The lowest BCUT2D eigenvalue weighted by Crippen LogP contribution is -2.24. The summed E-state index contributed by atoms with van der Waals surface area (Å²) in [5.74, 6) is 0.280. The lowest BCUT2D eigenvalue weighted by atomic mass is 10.0. The summed E-state index contributed by atoms with van der Waals surface area (Å²) in [6, 6.07) is 13.1. The molecular weight excluding hydrogens is 521 g/mol. The fourth-order valence-corrected chi connectivity index (χ4v) is 4.26. The molecular formula is C27H30N5O6P. The van der Waals surface area contributed by atoms with E-state index in [-0.39, 0.29) is 12.6 Å². The molecule has 0 aliphatic carbocycles. The Labute approximate surface area is 226 Å². The van der Waals surface area contributed by atoms with Gasteiger partial charge < -0.3 is 28.9 Å². The molecule has 0 bridgehead atoms. The van der Waals surface area contributed by atoms with Crippen molar-refractivity contribution in [1.29, 1.82) is 0 Å². The van der Waals surface area contributed by atoms with Crippen molar-refractivity contribution in [3.8, 4) is 28.1 Å². The van der Waals surface area contributed by atoms with E-state index >= 15 is 0 Å². The first kappa shape index (κ1) is 28.2. The first-order valence-electron chi connectivity index (χ1n) is 11.9. The highest BCUT2D eigenvalue weighted by molar-refractivity contribution is 7.46. The monoisotopic (exact) mass is 551 g/mol. The third-order valence-electron chi connectivity index (χ3n) is 5.96. The van der Waals surface area contributed by atoms with Gasteiger partial charge in [-0.3, -0.25) is 9.32 Å². The van der Waals surface area contributed by atoms with Gasteiger partial charge in [0.25, 0.3) is 0 Å². The number of aromatic nitrogens is 3. The maximum absolute atomic E-state index is 12.7. The van der Waals surface area contributed by atoms with Crippen LogP contribution in [0, 0.1) is 0 Å². The highest BCUT2D eigenvalue weighted by Crippen LogP contribution is 2.38. The Morgan fingerprint density at radius 3 is 2.59 bits per heavy atom. The van der Waals surface area contributed by atoms with E-state index < -0.39 is 7.82 Å². The Morgan fingerprint density at radius 2 is 1.87 bits per heavy atom. The minimum Gasteiger partial charge on any atom is -0.481 e. The summed E-state index contributed by atoms with van der Waals surface area (Å²) < 4.78 is 22.9. The normalized spacial score (nSPS) is 12.0. The summed E-state index contributed by atoms with van der Waals surface area (Å²) in [4.78, 5) is 43.4. The smallest absolute Gasteiger partial charge is 0.471 e. The number of hydrogen-bond acceptors (Lipinski definition) is 7. The van der Waals surface area contributed by atoms with Crippen molar-refractivity contribution >= 4 is 30.5 Å². The number of nitrogens with zero attached hydrogens (tertiary/aromatic N) is 5. The molecule has 0 unspecified atom stereocenters. The first-order chi connectivity index (χ1) is 18.6. The van der Waals surface area contributed by atoms with E-state index in [4.69, 9.17) is 9.26 Å². The van der Waals surface area contributed by atoms with E-state index in [1.165, 1.54) is 11.7 Å². The van der Waals surface area contributed by atoms with E-state index in [9.17, 15) is 19.1 Å². The Balaban J connectivity index is 1.74. The number of likely N-dealkylation sites (N-methyl/N-ethyl adjacent to an activating group) is 2. The molecule has 11 nitrogen and oxygen atoms in total. The van der Waals surface area contributed by atoms with Crippen molar-refractivity contribution in [3.05, 3.63) is 73.2 Å². The van der Waals surface area contributed by atoms with Gasteiger partial charge in [-0.25, -0.2) is 14.5 Å². The third-order valence-corrected chi connectivity index (χ3v) is 6.41. The number of fused-ring (bicyclic) bond motifs is 1. The molecule has 204 valence electrons. The molecule has 0 spiro atoms. The molecule has 0 atom stereocenters. The molecule has 0 saturated heterocycles. The molecule has 0 fully saturated rings. The Morgan fingerprint density at radius 1 is 1.08 bits per heavy atom. The molecule has 3 heterocycles. The molecule has 3 aromatic heterocycles. The van der Waals surface area contributed by atoms with Crippen LogP contribution in [0.15, 0.2) is 73.2 Å². The lowest BCUT2D eigenvalue weighted by molar-refractivity contribution is -0.113. The Kier molecular flexibility index (Phi) is 8.59. The molecule has 4 aromatic rings. The van der Waals surface area contributed by atoms with Crippen LogP contribution in [-0.2, 0) is 20.6 Å². The second-order valence-corrected chi connectivity index (χ2v) is 10.3. The van der Waals surface area contributed by atoms with E-state index in [1.807, 2.05) is 61.5 Å². The van der Waals surface area contributed by atoms with Gasteiger partial charge in [0.15, 0.2) is 0 Å². The van der Waals surface area contributed by atoms with Gasteiger partial charge in [-0.15, -0.1) is 0 Å². The summed E-state index contributed by atoms with van der Waals surface area (Å²) in [6.45, 7) is 0.273. The molecule has 0 saturated carbocycles. The highest BCUT2D eigenvalue weighted by atomic mass is 31.2. The number of carbonyl (C=O) groups excluding carboxylic acids is 1. The maximum atomic E-state index is 12.7. The molecule has 4 rings (SSSR count). The zero-order chi connectivity index (χ0) is 28.2. The number of phosphoric acid groups is 1. The molecule has 2 N–H and O–H groups in total. The number of benzene rings is 1. The summed E-state index contributed by atoms with van der Waals surface area (Å²) in [6.07, 6.45) is 8.37. The number of hydrogen-bond donors (Lipinski definition) is 2. The fraction of sp³-hybridized carbons (Fsp3) is 0.222. The van der Waals surface area contributed by atoms with Crippen LogP contribution < -0.4 is 9.64 Å². The summed E-state index contributed by atoms with van der Waals surface area (Å²) in [5.41, 5.74) is 4.38. The van der Waals surface area contributed by atoms with E-state index in [0.717, 1.165) is 33.3 Å². The molecule has 12 heteroatoms. The number of phosphoric ester groups is 1. The first-order valence-corrected chi connectivity index (χ1v) is 13.5. The van der Waals surface area contributed by atoms with Gasteiger partial charge in [-0.05, 0) is 49.5 Å². The Bertz CT molecular complexity index is 1560. The van der Waals surface area contributed by atoms with Crippen LogP contribution in [0.25, 0.3) is 33.3 Å². The number of methoxy groups -OCH3 is 1. The minimum absolute atomic E-state index is 0.140. The fourth-order valence-electron chi connectivity index (χ4n) is 3.98. The van der Waals surface area contributed by atoms with Crippen molar-refractivity contribution in [2.45, 2.75) is 6.73 Å². The SMILES string of the molecule is COc1cc(-c2cn(COP(=O)(O)O)c3ncc(-c4cccc(N(C)C(=O)C=CCN(C)C)c4)cc23)ccn1. The van der Waals surface area contributed by atoms with Crippen LogP contribution in [0.3, 0.4) is 0 Å². The second-order valence-electron chi connectivity index (χ2n) is 9.06. The van der Waals surface area contributed by atoms with Gasteiger partial charge in [-0.1, -0.05) is 18.2 Å². The molecule has 39 heavy (non-hydrogen) atoms. The van der Waals surface area contributed by atoms with Crippen molar-refractivity contribution < 1.29 is 28.4 Å². The van der Waals surface area contributed by atoms with Gasteiger partial charge in [-0.2, -0.15) is 0 Å². The Hall–Kier alpha value is -3.86. The van der Waals surface area contributed by atoms with Gasteiger partial charge >= 0.3 is 7.82 Å². The topological polar surface area (TPSA) is 130 Å². The average molecular weight is 552 g/mol. The zero-order valence-electron chi connectivity index (χ0n) is 22.1. The van der Waals surface area contributed by atoms with Gasteiger partial charge in [0.2, 0.25) is 11.8 Å². The summed E-state index contributed by atoms with van der Waals surface area (Å²) in [7, 11) is 2.42. The van der Waals surface area contributed by atoms with Crippen LogP contribution in [0.1, 0.15) is 0 Å². The number of rotatable bonds is 10. The second kappa shape index (κ2) is 11.9. The number of anilines is 1. The van der Waals surface area contributed by atoms with Crippen LogP contribution >= 0.6 is 7.82 Å². The van der Waals surface area contributed by atoms with Gasteiger partial charge in [0.1, 0.15) is 12.4 Å². The van der Waals surface area contributed by atoms with Gasteiger partial charge in [0.05, 0.1) is 7.11 Å². The third kappa shape index (κ3) is 6.97. The quantitative estimate of drug-likeness (QED) is 0.222. The maximum Gasteiger partial charge on any atom is 0.471 e. The number of pyridine rings is 2. The molecule has 0 aliphatic heterocycles. The van der Waals surface area contributed by atoms with Crippen LogP contribution in [0.5, 0.6) is 5.88 Å². The number of amides is 1. The largest absolute Gasteiger partial charge is 0.481 e. The molecule has 1 amide bonds. The lowest BCUT2D eigenvalue weighted by Gasteiger charge is -2.17. The van der Waals surface area contributed by atoms with E-state index in [0.29, 0.717) is 18.1 Å². The van der Waals surface area contributed by atoms with Gasteiger partial charge in [0, 0.05) is 66.5 Å². The number of ether oxygens (including phenoxy) is 1. The van der Waals surface area contributed by atoms with Crippen molar-refractivity contribution in [2.24, 2.45) is 0 Å². The molecule has 0 aliphatic rings. The molecule has 0 radical (unpaired) electrons. The summed E-state index contributed by atoms with van der Waals surface area (Å²) in [5, 5.41) is 0.733. The summed E-state index contributed by atoms with van der Waals surface area (Å²) >= 11 is 0. The predicted octanol–water partition coefficient (Wildman–Crippen LogP) is 3.92. The zero-order valence-corrected chi connectivity index (χ0v) is 22.9. The van der Waals surface area contributed by atoms with E-state index in [1.54, 1.807) is 42.7 Å². The number of carbonyl (C=O) groups is 1. The molecule has 1 aromatic carbocycles. The van der Waals surface area contributed by atoms with E-state index in [2.05, 4.69) is 9.97 Å². The van der Waals surface area contributed by atoms with Crippen molar-refractivity contribution in [2.75, 3.05) is 39.7 Å². The average Bonchev–Trinajstić information content (AvgIpc) is 3.29. The van der Waals surface area contributed by atoms with Crippen molar-refractivity contribution in [1.82, 2.24) is 19.4 Å². The van der Waals surface area contributed by atoms with Crippen LogP contribution in [0.2, 0.25) is 0 Å².